The van der Waals surface area contributed by atoms with Gasteiger partial charge < -0.3 is 9.84 Å². The number of phenols is 1. The summed E-state index contributed by atoms with van der Waals surface area (Å²) in [6, 6.07) is 3.31. The second-order valence-electron chi connectivity index (χ2n) is 7.94. The first-order valence-electron chi connectivity index (χ1n) is 7.87. The van der Waals surface area contributed by atoms with Crippen LogP contribution >= 0.6 is 0 Å². The molecule has 1 rings (SSSR count). The third-order valence-electron chi connectivity index (χ3n) is 3.74. The van der Waals surface area contributed by atoms with Crippen LogP contribution in [-0.4, -0.2) is 30.4 Å². The summed E-state index contributed by atoms with van der Waals surface area (Å²) in [5.41, 5.74) is 2.23. The highest BCUT2D eigenvalue weighted by Gasteiger charge is 2.26. The molecule has 0 fully saturated rings. The predicted octanol–water partition coefficient (Wildman–Crippen LogP) is 3.97. The lowest BCUT2D eigenvalue weighted by atomic mass is 9.78. The zero-order chi connectivity index (χ0) is 18.0. The van der Waals surface area contributed by atoms with Gasteiger partial charge in [-0.3, -0.25) is 4.99 Å². The van der Waals surface area contributed by atoms with Crippen LogP contribution in [0.25, 0.3) is 0 Å². The molecule has 1 N–H and O–H groups in total. The van der Waals surface area contributed by atoms with Gasteiger partial charge in [0.15, 0.2) is 0 Å². The maximum Gasteiger partial charge on any atom is 0.330 e. The standard InChI is InChI=1S/C19H29NO3/c1-12(17(22)23-8)20-11-13-9-14(18(2,3)4)16(21)15(10-13)19(5,6)7/h9-12,21H,1-8H3. The lowest BCUT2D eigenvalue weighted by Gasteiger charge is -2.27. The molecule has 0 aliphatic carbocycles. The van der Waals surface area contributed by atoms with Crippen molar-refractivity contribution in [2.75, 3.05) is 7.11 Å². The van der Waals surface area contributed by atoms with Gasteiger partial charge in [0, 0.05) is 17.3 Å². The lowest BCUT2D eigenvalue weighted by molar-refractivity contribution is -0.141. The van der Waals surface area contributed by atoms with Crippen molar-refractivity contribution in [3.05, 3.63) is 28.8 Å². The summed E-state index contributed by atoms with van der Waals surface area (Å²) in [6.07, 6.45) is 1.67. The summed E-state index contributed by atoms with van der Waals surface area (Å²) >= 11 is 0. The number of nitrogens with zero attached hydrogens (tertiary/aromatic N) is 1. The first kappa shape index (κ1) is 19.2. The molecule has 0 saturated heterocycles. The monoisotopic (exact) mass is 319 g/mol. The molecule has 0 spiro atoms. The Labute approximate surface area is 139 Å². The van der Waals surface area contributed by atoms with Gasteiger partial charge in [-0.2, -0.15) is 0 Å². The molecule has 1 unspecified atom stereocenters. The first-order valence-corrected chi connectivity index (χ1v) is 7.87. The van der Waals surface area contributed by atoms with Crippen LogP contribution in [0.3, 0.4) is 0 Å². The fourth-order valence-electron chi connectivity index (χ4n) is 2.30. The van der Waals surface area contributed by atoms with Gasteiger partial charge in [0.1, 0.15) is 11.8 Å². The number of hydrogen-bond acceptors (Lipinski definition) is 4. The number of carbonyl (C=O) groups excluding carboxylic acids is 1. The number of esters is 1. The Morgan fingerprint density at radius 3 is 1.91 bits per heavy atom. The maximum atomic E-state index is 11.5. The Hall–Kier alpha value is -1.84. The molecule has 1 aromatic carbocycles. The van der Waals surface area contributed by atoms with Gasteiger partial charge >= 0.3 is 5.97 Å². The van der Waals surface area contributed by atoms with Crippen LogP contribution in [-0.2, 0) is 20.4 Å². The van der Waals surface area contributed by atoms with E-state index in [1.54, 1.807) is 13.1 Å². The second kappa shape index (κ2) is 6.73. The topological polar surface area (TPSA) is 58.9 Å². The number of rotatable bonds is 3. The molecule has 0 heterocycles. The maximum absolute atomic E-state index is 11.5. The van der Waals surface area contributed by atoms with E-state index < -0.39 is 6.04 Å². The van der Waals surface area contributed by atoms with Crippen LogP contribution in [0.4, 0.5) is 0 Å². The first-order chi connectivity index (χ1) is 10.4. The number of aromatic hydroxyl groups is 1. The third-order valence-corrected chi connectivity index (χ3v) is 3.74. The van der Waals surface area contributed by atoms with E-state index in [2.05, 4.69) is 51.3 Å². The predicted molar refractivity (Wildman–Crippen MR) is 94.6 cm³/mol. The number of phenolic OH excluding ortho intramolecular Hbond substituents is 1. The molecule has 0 bridgehead atoms. The number of aliphatic imine (C=N–C) groups is 1. The van der Waals surface area contributed by atoms with Crippen molar-refractivity contribution in [3.63, 3.8) is 0 Å². The molecule has 0 aromatic heterocycles. The Balaban J connectivity index is 3.40. The molecule has 1 aromatic rings. The van der Waals surface area contributed by atoms with Crippen molar-refractivity contribution >= 4 is 12.2 Å². The molecule has 128 valence electrons. The molecule has 0 saturated carbocycles. The Morgan fingerprint density at radius 2 is 1.57 bits per heavy atom. The van der Waals surface area contributed by atoms with Gasteiger partial charge in [-0.25, -0.2) is 4.79 Å². The molecule has 23 heavy (non-hydrogen) atoms. The zero-order valence-corrected chi connectivity index (χ0v) is 15.5. The molecule has 4 heteroatoms. The van der Waals surface area contributed by atoms with E-state index in [4.69, 9.17) is 0 Å². The van der Waals surface area contributed by atoms with E-state index in [1.807, 2.05) is 12.1 Å². The number of benzene rings is 1. The second-order valence-corrected chi connectivity index (χ2v) is 7.94. The van der Waals surface area contributed by atoms with Crippen molar-refractivity contribution in [1.29, 1.82) is 0 Å². The minimum atomic E-state index is -0.551. The zero-order valence-electron chi connectivity index (χ0n) is 15.5. The average Bonchev–Trinajstić information content (AvgIpc) is 2.42. The van der Waals surface area contributed by atoms with E-state index in [0.29, 0.717) is 5.75 Å². The van der Waals surface area contributed by atoms with Gasteiger partial charge in [-0.05, 0) is 35.4 Å². The van der Waals surface area contributed by atoms with E-state index in [9.17, 15) is 9.90 Å². The number of carbonyl (C=O) groups is 1. The smallest absolute Gasteiger partial charge is 0.330 e. The van der Waals surface area contributed by atoms with E-state index >= 15 is 0 Å². The molecule has 1 atom stereocenters. The van der Waals surface area contributed by atoms with Gasteiger partial charge in [0.05, 0.1) is 7.11 Å². The number of methoxy groups -OCH3 is 1. The van der Waals surface area contributed by atoms with E-state index in [-0.39, 0.29) is 16.8 Å². The lowest BCUT2D eigenvalue weighted by Crippen LogP contribution is -2.18. The highest BCUT2D eigenvalue weighted by Crippen LogP contribution is 2.39. The Morgan fingerprint density at radius 1 is 1.13 bits per heavy atom. The van der Waals surface area contributed by atoms with Crippen LogP contribution < -0.4 is 0 Å². The van der Waals surface area contributed by atoms with Crippen molar-refractivity contribution < 1.29 is 14.6 Å². The van der Waals surface area contributed by atoms with Crippen molar-refractivity contribution in [2.24, 2.45) is 4.99 Å². The van der Waals surface area contributed by atoms with Gasteiger partial charge in [0.2, 0.25) is 0 Å². The molecular formula is C19H29NO3. The highest BCUT2D eigenvalue weighted by atomic mass is 16.5. The third kappa shape index (κ3) is 4.81. The summed E-state index contributed by atoms with van der Waals surface area (Å²) < 4.78 is 4.68. The van der Waals surface area contributed by atoms with Crippen LogP contribution in [0.1, 0.15) is 65.2 Å². The molecule has 0 aliphatic rings. The average molecular weight is 319 g/mol. The van der Waals surface area contributed by atoms with Crippen molar-refractivity contribution in [1.82, 2.24) is 0 Å². The summed E-state index contributed by atoms with van der Waals surface area (Å²) in [5.74, 6) is -0.0321. The fourth-order valence-corrected chi connectivity index (χ4v) is 2.30. The summed E-state index contributed by atoms with van der Waals surface area (Å²) in [4.78, 5) is 15.7. The summed E-state index contributed by atoms with van der Waals surface area (Å²) in [6.45, 7) is 14.1. The minimum Gasteiger partial charge on any atom is -0.507 e. The molecule has 4 nitrogen and oxygen atoms in total. The summed E-state index contributed by atoms with van der Waals surface area (Å²) in [5, 5.41) is 10.7. The fraction of sp³-hybridized carbons (Fsp3) is 0.579. The van der Waals surface area contributed by atoms with Crippen LogP contribution in [0.5, 0.6) is 5.75 Å². The van der Waals surface area contributed by atoms with Gasteiger partial charge in [-0.1, -0.05) is 41.5 Å². The highest BCUT2D eigenvalue weighted by molar-refractivity contribution is 5.85. The number of ether oxygens (including phenoxy) is 1. The molecule has 0 amide bonds. The normalized spacial score (nSPS) is 14.1. The number of hydrogen-bond donors (Lipinski definition) is 1. The van der Waals surface area contributed by atoms with Crippen molar-refractivity contribution in [3.8, 4) is 5.75 Å². The van der Waals surface area contributed by atoms with Crippen LogP contribution in [0.2, 0.25) is 0 Å². The largest absolute Gasteiger partial charge is 0.507 e. The molecule has 0 aliphatic heterocycles. The van der Waals surface area contributed by atoms with Gasteiger partial charge in [0.25, 0.3) is 0 Å². The minimum absolute atomic E-state index is 0.193. The van der Waals surface area contributed by atoms with Gasteiger partial charge in [-0.15, -0.1) is 0 Å². The Bertz CT molecular complexity index is 569. The quantitative estimate of drug-likeness (QED) is 0.677. The van der Waals surface area contributed by atoms with E-state index in [1.165, 1.54) is 7.11 Å². The summed E-state index contributed by atoms with van der Waals surface area (Å²) in [7, 11) is 1.35. The van der Waals surface area contributed by atoms with Crippen LogP contribution in [0, 0.1) is 0 Å². The SMILES string of the molecule is COC(=O)C(C)N=Cc1cc(C(C)(C)C)c(O)c(C(C)(C)C)c1. The molecular weight excluding hydrogens is 290 g/mol. The van der Waals surface area contributed by atoms with Crippen molar-refractivity contribution in [2.45, 2.75) is 65.3 Å². The Kier molecular flexibility index (Phi) is 5.62. The molecule has 0 radical (unpaired) electrons. The van der Waals surface area contributed by atoms with E-state index in [0.717, 1.165) is 16.7 Å². The van der Waals surface area contributed by atoms with Crippen LogP contribution in [0.15, 0.2) is 17.1 Å².